The number of carboxylic acid groups (broad SMARTS) is 1. The van der Waals surface area contributed by atoms with E-state index in [9.17, 15) is 9.90 Å². The number of nitrogens with one attached hydrogen (secondary N) is 1. The van der Waals surface area contributed by atoms with Gasteiger partial charge in [-0.1, -0.05) is 0 Å². The zero-order chi connectivity index (χ0) is 17.0. The monoisotopic (exact) mass is 321 g/mol. The summed E-state index contributed by atoms with van der Waals surface area (Å²) < 4.78 is 17.2. The molecule has 0 aliphatic rings. The van der Waals surface area contributed by atoms with Gasteiger partial charge < -0.3 is 24.6 Å². The Balaban J connectivity index is 2.28. The van der Waals surface area contributed by atoms with E-state index < -0.39 is 5.97 Å². The van der Waals surface area contributed by atoms with Crippen LogP contribution in [0.1, 0.15) is 16.1 Å². The van der Waals surface area contributed by atoms with Crippen molar-refractivity contribution in [3.8, 4) is 17.2 Å². The van der Waals surface area contributed by atoms with Gasteiger partial charge in [-0.3, -0.25) is 4.68 Å². The molecule has 0 saturated carbocycles. The van der Waals surface area contributed by atoms with Crippen LogP contribution in [-0.2, 0) is 13.6 Å². The Morgan fingerprint density at radius 3 is 2.35 bits per heavy atom. The molecule has 8 heteroatoms. The van der Waals surface area contributed by atoms with E-state index in [2.05, 4.69) is 10.4 Å². The number of aryl methyl sites for hydroxylation is 1. The summed E-state index contributed by atoms with van der Waals surface area (Å²) in [6, 6.07) is 3.50. The second-order valence-electron chi connectivity index (χ2n) is 4.71. The summed E-state index contributed by atoms with van der Waals surface area (Å²) in [7, 11) is 6.22. The first-order valence-electron chi connectivity index (χ1n) is 6.79. The van der Waals surface area contributed by atoms with Gasteiger partial charge in [0.25, 0.3) is 0 Å². The molecular formula is C15H19N3O5. The number of ether oxygens (including phenoxy) is 3. The number of nitrogens with zero attached hydrogens (tertiary/aromatic N) is 2. The molecule has 124 valence electrons. The Kier molecular flexibility index (Phi) is 4.95. The minimum Gasteiger partial charge on any atom is -0.496 e. The number of aromatic nitrogens is 2. The van der Waals surface area contributed by atoms with Crippen LogP contribution < -0.4 is 19.5 Å². The highest BCUT2D eigenvalue weighted by molar-refractivity contribution is 5.92. The summed E-state index contributed by atoms with van der Waals surface area (Å²) in [6.45, 7) is 0.343. The second kappa shape index (κ2) is 6.91. The number of methoxy groups -OCH3 is 3. The molecule has 1 heterocycles. The number of hydrogen-bond donors (Lipinski definition) is 2. The third kappa shape index (κ3) is 3.31. The van der Waals surface area contributed by atoms with Crippen molar-refractivity contribution in [2.24, 2.45) is 7.05 Å². The zero-order valence-electron chi connectivity index (χ0n) is 13.4. The van der Waals surface area contributed by atoms with Crippen LogP contribution in [0.3, 0.4) is 0 Å². The Hall–Kier alpha value is -2.90. The van der Waals surface area contributed by atoms with E-state index in [4.69, 9.17) is 14.2 Å². The predicted molar refractivity (Wildman–Crippen MR) is 83.6 cm³/mol. The maximum atomic E-state index is 11.3. The molecule has 0 unspecified atom stereocenters. The van der Waals surface area contributed by atoms with E-state index in [1.165, 1.54) is 10.9 Å². The van der Waals surface area contributed by atoms with Crippen molar-refractivity contribution >= 4 is 11.7 Å². The fourth-order valence-electron chi connectivity index (χ4n) is 2.24. The van der Waals surface area contributed by atoms with Crippen LogP contribution in [0.2, 0.25) is 0 Å². The first kappa shape index (κ1) is 16.5. The van der Waals surface area contributed by atoms with E-state index in [1.54, 1.807) is 40.5 Å². The SMILES string of the molecule is COc1cc(OC)c(OC)cc1CNc1cnn(C)c1C(=O)O. The number of carboxylic acids is 1. The number of benzene rings is 1. The fourth-order valence-corrected chi connectivity index (χ4v) is 2.24. The molecule has 0 spiro atoms. The molecular weight excluding hydrogens is 302 g/mol. The van der Waals surface area contributed by atoms with Gasteiger partial charge in [0, 0.05) is 25.2 Å². The number of aromatic carboxylic acids is 1. The maximum Gasteiger partial charge on any atom is 0.356 e. The molecule has 0 aliphatic carbocycles. The lowest BCUT2D eigenvalue weighted by Crippen LogP contribution is -2.10. The van der Waals surface area contributed by atoms with Gasteiger partial charge in [0.05, 0.1) is 33.2 Å². The highest BCUT2D eigenvalue weighted by Crippen LogP contribution is 2.35. The quantitative estimate of drug-likeness (QED) is 0.802. The molecule has 23 heavy (non-hydrogen) atoms. The number of anilines is 1. The molecule has 0 radical (unpaired) electrons. The lowest BCUT2D eigenvalue weighted by molar-refractivity contribution is 0.0686. The molecule has 1 aromatic carbocycles. The number of hydrogen-bond acceptors (Lipinski definition) is 6. The minimum absolute atomic E-state index is 0.0874. The molecule has 2 N–H and O–H groups in total. The van der Waals surface area contributed by atoms with Crippen molar-refractivity contribution in [3.63, 3.8) is 0 Å². The molecule has 2 rings (SSSR count). The molecule has 0 fully saturated rings. The molecule has 0 aliphatic heterocycles. The summed E-state index contributed by atoms with van der Waals surface area (Å²) in [6.07, 6.45) is 1.47. The van der Waals surface area contributed by atoms with Gasteiger partial charge in [0.1, 0.15) is 5.75 Å². The molecule has 0 amide bonds. The van der Waals surface area contributed by atoms with Gasteiger partial charge in [0.15, 0.2) is 17.2 Å². The molecule has 2 aromatic rings. The first-order chi connectivity index (χ1) is 11.0. The Morgan fingerprint density at radius 1 is 1.17 bits per heavy atom. The van der Waals surface area contributed by atoms with Gasteiger partial charge >= 0.3 is 5.97 Å². The van der Waals surface area contributed by atoms with Gasteiger partial charge in [-0.15, -0.1) is 0 Å². The second-order valence-corrected chi connectivity index (χ2v) is 4.71. The van der Waals surface area contributed by atoms with E-state index in [0.717, 1.165) is 5.56 Å². The third-order valence-corrected chi connectivity index (χ3v) is 3.40. The molecule has 1 aromatic heterocycles. The smallest absolute Gasteiger partial charge is 0.356 e. The van der Waals surface area contributed by atoms with Gasteiger partial charge in [-0.05, 0) is 6.07 Å². The molecule has 0 saturated heterocycles. The van der Waals surface area contributed by atoms with Crippen LogP contribution in [0.25, 0.3) is 0 Å². The van der Waals surface area contributed by atoms with Gasteiger partial charge in [-0.25, -0.2) is 4.79 Å². The van der Waals surface area contributed by atoms with Crippen LogP contribution in [-0.4, -0.2) is 42.2 Å². The third-order valence-electron chi connectivity index (χ3n) is 3.40. The molecule has 8 nitrogen and oxygen atoms in total. The van der Waals surface area contributed by atoms with Crippen LogP contribution in [0.5, 0.6) is 17.2 Å². The van der Waals surface area contributed by atoms with Gasteiger partial charge in [0.2, 0.25) is 0 Å². The summed E-state index contributed by atoms with van der Waals surface area (Å²) in [5.74, 6) is 0.679. The average molecular weight is 321 g/mol. The van der Waals surface area contributed by atoms with Crippen molar-refractivity contribution in [2.45, 2.75) is 6.54 Å². The van der Waals surface area contributed by atoms with Crippen LogP contribution >= 0.6 is 0 Å². The standard InChI is InChI=1S/C15H19N3O5/c1-18-14(15(19)20)10(8-17-18)16-7-9-5-12(22-3)13(23-4)6-11(9)21-2/h5-6,8,16H,7H2,1-4H3,(H,19,20). The minimum atomic E-state index is -1.05. The lowest BCUT2D eigenvalue weighted by atomic mass is 10.1. The van der Waals surface area contributed by atoms with E-state index in [1.807, 2.05) is 0 Å². The summed E-state index contributed by atoms with van der Waals surface area (Å²) >= 11 is 0. The molecule has 0 atom stereocenters. The largest absolute Gasteiger partial charge is 0.496 e. The highest BCUT2D eigenvalue weighted by Gasteiger charge is 2.17. The van der Waals surface area contributed by atoms with Crippen molar-refractivity contribution in [1.29, 1.82) is 0 Å². The number of rotatable bonds is 7. The van der Waals surface area contributed by atoms with Crippen molar-refractivity contribution in [2.75, 3.05) is 26.6 Å². The number of carbonyl (C=O) groups is 1. The zero-order valence-corrected chi connectivity index (χ0v) is 13.4. The molecule has 0 bridgehead atoms. The van der Waals surface area contributed by atoms with E-state index >= 15 is 0 Å². The maximum absolute atomic E-state index is 11.3. The van der Waals surface area contributed by atoms with Crippen LogP contribution in [0.15, 0.2) is 18.3 Å². The fraction of sp³-hybridized carbons (Fsp3) is 0.333. The topological polar surface area (TPSA) is 94.8 Å². The Bertz CT molecular complexity index is 711. The summed E-state index contributed by atoms with van der Waals surface area (Å²) in [5.41, 5.74) is 1.31. The lowest BCUT2D eigenvalue weighted by Gasteiger charge is -2.14. The van der Waals surface area contributed by atoms with Crippen molar-refractivity contribution < 1.29 is 24.1 Å². The Labute approximate surface area is 133 Å². The highest BCUT2D eigenvalue weighted by atomic mass is 16.5. The van der Waals surface area contributed by atoms with Crippen LogP contribution in [0, 0.1) is 0 Å². The summed E-state index contributed by atoms with van der Waals surface area (Å²) in [4.78, 5) is 11.3. The van der Waals surface area contributed by atoms with Crippen molar-refractivity contribution in [1.82, 2.24) is 9.78 Å². The normalized spacial score (nSPS) is 10.3. The van der Waals surface area contributed by atoms with Crippen LogP contribution in [0.4, 0.5) is 5.69 Å². The van der Waals surface area contributed by atoms with E-state index in [-0.39, 0.29) is 5.69 Å². The van der Waals surface area contributed by atoms with Gasteiger partial charge in [-0.2, -0.15) is 5.10 Å². The Morgan fingerprint density at radius 2 is 1.78 bits per heavy atom. The first-order valence-corrected chi connectivity index (χ1v) is 6.79. The average Bonchev–Trinajstić information content (AvgIpc) is 2.92. The predicted octanol–water partition coefficient (Wildman–Crippen LogP) is 1.76. The summed E-state index contributed by atoms with van der Waals surface area (Å²) in [5, 5.41) is 16.2. The van der Waals surface area contributed by atoms with E-state index in [0.29, 0.717) is 29.5 Å². The van der Waals surface area contributed by atoms with Crippen molar-refractivity contribution in [3.05, 3.63) is 29.6 Å².